The van der Waals surface area contributed by atoms with E-state index in [1.54, 1.807) is 0 Å². The Hall–Kier alpha value is -1.96. The number of hydrogen-bond acceptors (Lipinski definition) is 4. The maximum absolute atomic E-state index is 14.3. The van der Waals surface area contributed by atoms with Gasteiger partial charge in [-0.25, -0.2) is 9.67 Å². The average Bonchev–Trinajstić information content (AvgIpc) is 2.94. The molecule has 0 amide bonds. The summed E-state index contributed by atoms with van der Waals surface area (Å²) >= 11 is 3.36. The molecular formula is C14H13BrF2N4O. The summed E-state index contributed by atoms with van der Waals surface area (Å²) in [7, 11) is 0. The number of aromatic nitrogens is 2. The first-order valence-electron chi connectivity index (χ1n) is 6.49. The molecule has 0 aliphatic carbocycles. The molecule has 0 radical (unpaired) electrons. The monoisotopic (exact) mass is 370 g/mol. The Morgan fingerprint density at radius 3 is 2.91 bits per heavy atom. The Balaban J connectivity index is 2.04. The van der Waals surface area contributed by atoms with Crippen molar-refractivity contribution in [1.82, 2.24) is 9.78 Å². The van der Waals surface area contributed by atoms with Crippen LogP contribution in [0, 0.1) is 0 Å². The number of rotatable bonds is 2. The fourth-order valence-corrected chi connectivity index (χ4v) is 2.64. The number of ether oxygens (including phenoxy) is 1. The van der Waals surface area contributed by atoms with E-state index >= 15 is 0 Å². The minimum absolute atomic E-state index is 0.247. The summed E-state index contributed by atoms with van der Waals surface area (Å²) in [4.78, 5) is 3.82. The molecule has 5 nitrogen and oxygen atoms in total. The molecule has 0 unspecified atom stereocenters. The second kappa shape index (κ2) is 5.05. The molecule has 1 aromatic carbocycles. The van der Waals surface area contributed by atoms with Crippen molar-refractivity contribution < 1.29 is 13.5 Å². The Kier molecular flexibility index (Phi) is 3.43. The third-order valence-corrected chi connectivity index (χ3v) is 4.16. The molecule has 22 heavy (non-hydrogen) atoms. The Bertz CT molecular complexity index is 746. The molecular weight excluding hydrogens is 358 g/mol. The molecule has 2 aromatic rings. The topological polar surface area (TPSA) is 65.4 Å². The first-order chi connectivity index (χ1) is 10.3. The lowest BCUT2D eigenvalue weighted by molar-refractivity contribution is -0.116. The second-order valence-electron chi connectivity index (χ2n) is 5.17. The fraction of sp³-hybridized carbons (Fsp3) is 0.286. The molecule has 0 saturated carbocycles. The van der Waals surface area contributed by atoms with E-state index in [-0.39, 0.29) is 11.6 Å². The van der Waals surface area contributed by atoms with Crippen molar-refractivity contribution in [3.05, 3.63) is 46.7 Å². The first kappa shape index (κ1) is 15.0. The molecule has 1 aliphatic rings. The van der Waals surface area contributed by atoms with Gasteiger partial charge in [-0.3, -0.25) is 0 Å². The molecule has 2 heterocycles. The van der Waals surface area contributed by atoms with Crippen molar-refractivity contribution in [3.8, 4) is 5.69 Å². The lowest BCUT2D eigenvalue weighted by atomic mass is 9.88. The minimum atomic E-state index is -3.18. The first-order valence-corrected chi connectivity index (χ1v) is 7.28. The molecule has 1 aliphatic heterocycles. The Morgan fingerprint density at radius 2 is 2.18 bits per heavy atom. The molecule has 2 N–H and O–H groups in total. The van der Waals surface area contributed by atoms with Crippen LogP contribution in [0.25, 0.3) is 5.69 Å². The van der Waals surface area contributed by atoms with Gasteiger partial charge in [0.1, 0.15) is 0 Å². The van der Waals surface area contributed by atoms with E-state index in [0.717, 1.165) is 10.2 Å². The summed E-state index contributed by atoms with van der Waals surface area (Å²) in [5.41, 5.74) is 4.68. The van der Waals surface area contributed by atoms with Crippen LogP contribution in [0.2, 0.25) is 0 Å². The highest BCUT2D eigenvalue weighted by atomic mass is 79.9. The summed E-state index contributed by atoms with van der Waals surface area (Å²) in [5, 5.41) is 4.15. The van der Waals surface area contributed by atoms with Crippen LogP contribution in [0.15, 0.2) is 46.1 Å². The summed E-state index contributed by atoms with van der Waals surface area (Å²) in [6.07, 6.45) is 2.90. The Labute approximate surface area is 133 Å². The van der Waals surface area contributed by atoms with Gasteiger partial charge in [-0.05, 0) is 25.1 Å². The highest BCUT2D eigenvalue weighted by molar-refractivity contribution is 9.10. The van der Waals surface area contributed by atoms with Crippen molar-refractivity contribution >= 4 is 22.0 Å². The van der Waals surface area contributed by atoms with E-state index in [4.69, 9.17) is 5.73 Å². The number of nitrogens with two attached hydrogens (primary N) is 1. The summed E-state index contributed by atoms with van der Waals surface area (Å²) in [6, 6.07) is 7.11. The predicted octanol–water partition coefficient (Wildman–Crippen LogP) is 2.83. The highest BCUT2D eigenvalue weighted by Gasteiger charge is 2.55. The van der Waals surface area contributed by atoms with Gasteiger partial charge in [0, 0.05) is 16.2 Å². The van der Waals surface area contributed by atoms with Crippen molar-refractivity contribution in [1.29, 1.82) is 0 Å². The van der Waals surface area contributed by atoms with Crippen LogP contribution in [0.4, 0.5) is 8.78 Å². The number of nitrogens with zero attached hydrogens (tertiary/aromatic N) is 3. The standard InChI is InChI=1S/C14H13BrF2N4O/c1-13(14(16,17)8-22-12(18)20-13)9-6-19-21(7-9)11-4-2-3-10(15)5-11/h2-7H,8H2,1H3,(H2,18,20)/t13-/m1/s1. The van der Waals surface area contributed by atoms with E-state index in [2.05, 4.69) is 30.8 Å². The van der Waals surface area contributed by atoms with E-state index in [1.165, 1.54) is 24.0 Å². The third kappa shape index (κ3) is 2.37. The second-order valence-corrected chi connectivity index (χ2v) is 6.08. The van der Waals surface area contributed by atoms with Gasteiger partial charge in [0.25, 0.3) is 6.02 Å². The van der Waals surface area contributed by atoms with Crippen molar-refractivity contribution in [2.45, 2.75) is 18.4 Å². The number of halogens is 3. The largest absolute Gasteiger partial charge is 0.459 e. The van der Waals surface area contributed by atoms with Crippen LogP contribution >= 0.6 is 15.9 Å². The third-order valence-electron chi connectivity index (χ3n) is 3.66. The van der Waals surface area contributed by atoms with Gasteiger partial charge in [-0.1, -0.05) is 22.0 Å². The molecule has 0 spiro atoms. The van der Waals surface area contributed by atoms with Crippen LogP contribution in [0.1, 0.15) is 12.5 Å². The number of hydrogen-bond donors (Lipinski definition) is 1. The molecule has 0 saturated heterocycles. The van der Waals surface area contributed by atoms with E-state index in [0.29, 0.717) is 0 Å². The molecule has 0 bridgehead atoms. The van der Waals surface area contributed by atoms with Crippen LogP contribution in [0.3, 0.4) is 0 Å². The number of benzene rings is 1. The quantitative estimate of drug-likeness (QED) is 0.883. The van der Waals surface area contributed by atoms with E-state index in [9.17, 15) is 8.78 Å². The van der Waals surface area contributed by atoms with Gasteiger partial charge in [0.15, 0.2) is 12.1 Å². The molecule has 8 heteroatoms. The number of alkyl halides is 2. The van der Waals surface area contributed by atoms with Gasteiger partial charge >= 0.3 is 5.92 Å². The smallest absolute Gasteiger partial charge is 0.310 e. The lowest BCUT2D eigenvalue weighted by Gasteiger charge is -2.36. The van der Waals surface area contributed by atoms with Crippen molar-refractivity contribution in [2.75, 3.05) is 6.61 Å². The normalized spacial score (nSPS) is 23.7. The lowest BCUT2D eigenvalue weighted by Crippen LogP contribution is -2.50. The molecule has 116 valence electrons. The summed E-state index contributed by atoms with van der Waals surface area (Å²) in [5.74, 6) is -3.18. The zero-order valence-corrected chi connectivity index (χ0v) is 13.2. The van der Waals surface area contributed by atoms with E-state index in [1.807, 2.05) is 24.3 Å². The van der Waals surface area contributed by atoms with Crippen molar-refractivity contribution in [2.24, 2.45) is 10.7 Å². The number of aliphatic imine (C=N–C) groups is 1. The van der Waals surface area contributed by atoms with Crippen molar-refractivity contribution in [3.63, 3.8) is 0 Å². The van der Waals surface area contributed by atoms with Gasteiger partial charge in [-0.15, -0.1) is 0 Å². The van der Waals surface area contributed by atoms with Crippen LogP contribution in [-0.2, 0) is 10.3 Å². The zero-order valence-electron chi connectivity index (χ0n) is 11.6. The predicted molar refractivity (Wildman–Crippen MR) is 81.1 cm³/mol. The van der Waals surface area contributed by atoms with Gasteiger partial charge < -0.3 is 10.5 Å². The van der Waals surface area contributed by atoms with E-state index < -0.39 is 18.1 Å². The molecule has 3 rings (SSSR count). The maximum Gasteiger partial charge on any atom is 0.310 e. The highest BCUT2D eigenvalue weighted by Crippen LogP contribution is 2.43. The van der Waals surface area contributed by atoms with Gasteiger partial charge in [0.05, 0.1) is 11.9 Å². The summed E-state index contributed by atoms with van der Waals surface area (Å²) in [6.45, 7) is 0.519. The molecule has 1 atom stereocenters. The minimum Gasteiger partial charge on any atom is -0.459 e. The van der Waals surface area contributed by atoms with Gasteiger partial charge in [0.2, 0.25) is 0 Å². The van der Waals surface area contributed by atoms with Crippen LogP contribution < -0.4 is 5.73 Å². The zero-order chi connectivity index (χ0) is 16.0. The maximum atomic E-state index is 14.3. The fourth-order valence-electron chi connectivity index (χ4n) is 2.25. The van der Waals surface area contributed by atoms with Gasteiger partial charge in [-0.2, -0.15) is 13.9 Å². The van der Waals surface area contributed by atoms with Crippen LogP contribution in [0.5, 0.6) is 0 Å². The number of amidine groups is 1. The molecule has 1 aromatic heterocycles. The average molecular weight is 371 g/mol. The molecule has 0 fully saturated rings. The Morgan fingerprint density at radius 1 is 1.41 bits per heavy atom. The summed E-state index contributed by atoms with van der Waals surface area (Å²) < 4.78 is 35.6. The SMILES string of the molecule is C[C@]1(c2cnn(-c3cccc(Br)c3)c2)N=C(N)OCC1(F)F. The van der Waals surface area contributed by atoms with Crippen LogP contribution in [-0.4, -0.2) is 28.3 Å².